The van der Waals surface area contributed by atoms with E-state index in [0.717, 1.165) is 22.4 Å². The highest BCUT2D eigenvalue weighted by Gasteiger charge is 2.30. The third-order valence-electron chi connectivity index (χ3n) is 8.35. The summed E-state index contributed by atoms with van der Waals surface area (Å²) >= 11 is 0. The van der Waals surface area contributed by atoms with Crippen LogP contribution in [0.25, 0.3) is 11.1 Å². The molecule has 0 saturated carbocycles. The van der Waals surface area contributed by atoms with Crippen LogP contribution in [0.4, 0.5) is 5.69 Å². The lowest BCUT2D eigenvalue weighted by Gasteiger charge is -2.24. The second kappa shape index (κ2) is 14.8. The molecule has 0 radical (unpaired) electrons. The number of aryl methyl sites for hydroxylation is 1. The summed E-state index contributed by atoms with van der Waals surface area (Å²) in [5, 5.41) is 9.28. The van der Waals surface area contributed by atoms with Gasteiger partial charge in [0.05, 0.1) is 40.2 Å². The summed E-state index contributed by atoms with van der Waals surface area (Å²) in [7, 11) is 6.27. The van der Waals surface area contributed by atoms with Gasteiger partial charge < -0.3 is 34.9 Å². The van der Waals surface area contributed by atoms with Gasteiger partial charge >= 0.3 is 0 Å². The highest BCUT2D eigenvalue weighted by Crippen LogP contribution is 2.50. The van der Waals surface area contributed by atoms with Crippen LogP contribution in [0.5, 0.6) is 23.0 Å². The van der Waals surface area contributed by atoms with Crippen LogP contribution in [0.2, 0.25) is 0 Å². The number of amides is 2. The fourth-order valence-corrected chi connectivity index (χ4v) is 5.74. The minimum absolute atomic E-state index is 0.0757. The number of carbonyl (C=O) groups excluding carboxylic acids is 2. The van der Waals surface area contributed by atoms with Crippen LogP contribution in [0.3, 0.4) is 0 Å². The number of nitrogens with one attached hydrogen (secondary N) is 3. The number of carbonyl (C=O) groups is 2. The quantitative estimate of drug-likeness (QED) is 0.259. The first kappa shape index (κ1) is 33.2. The Hall–Kier alpha value is -4.73. The first-order valence-corrected chi connectivity index (χ1v) is 15.1. The van der Waals surface area contributed by atoms with Gasteiger partial charge in [0.2, 0.25) is 23.0 Å². The first-order valence-electron chi connectivity index (χ1n) is 15.1. The highest BCUT2D eigenvalue weighted by molar-refractivity contribution is 5.86. The molecule has 0 aromatic heterocycles. The number of benzene rings is 2. The van der Waals surface area contributed by atoms with Gasteiger partial charge in [0, 0.05) is 19.0 Å². The molecular weight excluding hydrogens is 574 g/mol. The van der Waals surface area contributed by atoms with Crippen molar-refractivity contribution in [1.29, 1.82) is 0 Å². The van der Waals surface area contributed by atoms with E-state index in [0.29, 0.717) is 54.2 Å². The van der Waals surface area contributed by atoms with E-state index in [-0.39, 0.29) is 28.8 Å². The Labute approximate surface area is 264 Å². The van der Waals surface area contributed by atoms with Crippen LogP contribution in [-0.4, -0.2) is 46.3 Å². The van der Waals surface area contributed by atoms with E-state index in [1.54, 1.807) is 40.6 Å². The van der Waals surface area contributed by atoms with Gasteiger partial charge in [-0.05, 0) is 71.3 Å². The number of fused-ring (bicyclic) bond motifs is 3. The zero-order valence-corrected chi connectivity index (χ0v) is 27.0. The predicted octanol–water partition coefficient (Wildman–Crippen LogP) is 5.01. The lowest BCUT2D eigenvalue weighted by Crippen LogP contribution is -2.44. The van der Waals surface area contributed by atoms with Gasteiger partial charge in [-0.3, -0.25) is 14.4 Å². The number of rotatable bonds is 12. The largest absolute Gasteiger partial charge is 0.497 e. The Morgan fingerprint density at radius 2 is 1.64 bits per heavy atom. The molecule has 240 valence electrons. The van der Waals surface area contributed by atoms with Crippen LogP contribution in [-0.2, 0) is 22.6 Å². The molecule has 0 fully saturated rings. The van der Waals surface area contributed by atoms with Crippen LogP contribution in [0, 0.1) is 5.92 Å². The van der Waals surface area contributed by atoms with Crippen molar-refractivity contribution < 1.29 is 28.5 Å². The number of anilines is 1. The number of hydrogen-bond acceptors (Lipinski definition) is 8. The SMILES string of the molecule is CC[C@@H](C)[C@H](Nc1ccc2c(cc1=O)[C@@H](NC(C)=O)CCc1cc(OC)c(OC)c(OC)c1-2)C(=O)NCc1ccc(OC)cc1. The molecule has 1 aliphatic rings. The van der Waals surface area contributed by atoms with Crippen molar-refractivity contribution in [2.24, 2.45) is 5.92 Å². The van der Waals surface area contributed by atoms with E-state index in [4.69, 9.17) is 18.9 Å². The second-order valence-corrected chi connectivity index (χ2v) is 11.2. The molecule has 4 rings (SSSR count). The zero-order valence-electron chi connectivity index (χ0n) is 27.0. The van der Waals surface area contributed by atoms with Gasteiger partial charge in [-0.1, -0.05) is 38.5 Å². The van der Waals surface area contributed by atoms with Crippen molar-refractivity contribution in [2.75, 3.05) is 33.8 Å². The van der Waals surface area contributed by atoms with Crippen LogP contribution in [0.15, 0.2) is 53.3 Å². The van der Waals surface area contributed by atoms with Crippen molar-refractivity contribution in [3.05, 3.63) is 75.4 Å². The topological polar surface area (TPSA) is 124 Å². The van der Waals surface area contributed by atoms with Gasteiger partial charge in [0.15, 0.2) is 11.5 Å². The van der Waals surface area contributed by atoms with Crippen LogP contribution < -0.4 is 40.3 Å². The van der Waals surface area contributed by atoms with E-state index in [2.05, 4.69) is 16.0 Å². The van der Waals surface area contributed by atoms with E-state index in [1.807, 2.05) is 50.2 Å². The highest BCUT2D eigenvalue weighted by atomic mass is 16.5. The average Bonchev–Trinajstić information content (AvgIpc) is 3.29. The standard InChI is InChI=1S/C35H43N3O7/c1-8-20(2)32(35(41)36-19-22-9-12-24(42-4)13-10-22)38-28-16-14-25-26(18-29(28)40)27(37-21(3)39)15-11-23-17-30(43-5)33(44-6)34(45-7)31(23)25/h9-10,12-14,16-18,20,27,32H,8,11,15,19H2,1-7H3,(H,36,41)(H,37,39)(H,38,40)/t20-,27+,32+/m1/s1. The third-order valence-corrected chi connectivity index (χ3v) is 8.35. The van der Waals surface area contributed by atoms with Crippen molar-refractivity contribution >= 4 is 17.5 Å². The summed E-state index contributed by atoms with van der Waals surface area (Å²) in [5.74, 6) is 1.67. The summed E-state index contributed by atoms with van der Waals surface area (Å²) in [6, 6.07) is 13.4. The van der Waals surface area contributed by atoms with Gasteiger partial charge in [-0.2, -0.15) is 0 Å². The summed E-state index contributed by atoms with van der Waals surface area (Å²) in [4.78, 5) is 39.6. The molecular formula is C35H43N3O7. The predicted molar refractivity (Wildman–Crippen MR) is 174 cm³/mol. The van der Waals surface area contributed by atoms with Gasteiger partial charge in [-0.25, -0.2) is 0 Å². The molecule has 3 N–H and O–H groups in total. The third kappa shape index (κ3) is 7.33. The molecule has 3 aromatic carbocycles. The van der Waals surface area contributed by atoms with Gasteiger partial charge in [-0.15, -0.1) is 0 Å². The van der Waals surface area contributed by atoms with Crippen molar-refractivity contribution in [3.63, 3.8) is 0 Å². The van der Waals surface area contributed by atoms with Gasteiger partial charge in [0.25, 0.3) is 0 Å². The molecule has 10 nitrogen and oxygen atoms in total. The van der Waals surface area contributed by atoms with E-state index in [9.17, 15) is 14.4 Å². The maximum atomic E-state index is 13.8. The molecule has 1 aliphatic carbocycles. The normalized spacial score (nSPS) is 14.9. The first-order chi connectivity index (χ1) is 21.6. The monoisotopic (exact) mass is 617 g/mol. The molecule has 0 spiro atoms. The molecule has 0 heterocycles. The Kier molecular flexibility index (Phi) is 10.9. The Bertz CT molecular complexity index is 1590. The Morgan fingerprint density at radius 3 is 2.24 bits per heavy atom. The van der Waals surface area contributed by atoms with Crippen molar-refractivity contribution in [1.82, 2.24) is 10.6 Å². The van der Waals surface area contributed by atoms with Crippen molar-refractivity contribution in [3.8, 4) is 34.1 Å². The minimum atomic E-state index is -0.666. The maximum Gasteiger partial charge on any atom is 0.243 e. The molecule has 0 aliphatic heterocycles. The lowest BCUT2D eigenvalue weighted by molar-refractivity contribution is -0.123. The van der Waals surface area contributed by atoms with Crippen LogP contribution >= 0.6 is 0 Å². The molecule has 45 heavy (non-hydrogen) atoms. The Balaban J connectivity index is 1.78. The average molecular weight is 618 g/mol. The zero-order chi connectivity index (χ0) is 32.7. The van der Waals surface area contributed by atoms with E-state index < -0.39 is 12.1 Å². The molecule has 2 amide bonds. The fraction of sp³-hybridized carbons (Fsp3) is 0.400. The molecule has 0 saturated heterocycles. The number of methoxy groups -OCH3 is 4. The van der Waals surface area contributed by atoms with Crippen LogP contribution in [0.1, 0.15) is 56.3 Å². The number of ether oxygens (including phenoxy) is 4. The number of hydrogen-bond donors (Lipinski definition) is 3. The van der Waals surface area contributed by atoms with Gasteiger partial charge in [0.1, 0.15) is 11.8 Å². The summed E-state index contributed by atoms with van der Waals surface area (Å²) < 4.78 is 22.4. The molecule has 0 bridgehead atoms. The molecule has 0 unspecified atom stereocenters. The smallest absolute Gasteiger partial charge is 0.243 e. The van der Waals surface area contributed by atoms with E-state index in [1.165, 1.54) is 6.92 Å². The Morgan fingerprint density at radius 1 is 0.933 bits per heavy atom. The molecule has 3 atom stereocenters. The lowest BCUT2D eigenvalue weighted by atomic mass is 9.95. The van der Waals surface area contributed by atoms with E-state index >= 15 is 0 Å². The summed E-state index contributed by atoms with van der Waals surface area (Å²) in [5.41, 5.74) is 3.96. The maximum absolute atomic E-state index is 13.8. The second-order valence-electron chi connectivity index (χ2n) is 11.2. The summed E-state index contributed by atoms with van der Waals surface area (Å²) in [6.07, 6.45) is 1.86. The fourth-order valence-electron chi connectivity index (χ4n) is 5.74. The summed E-state index contributed by atoms with van der Waals surface area (Å²) in [6.45, 7) is 5.77. The molecule has 10 heteroatoms. The molecule has 3 aromatic rings. The minimum Gasteiger partial charge on any atom is -0.497 e. The van der Waals surface area contributed by atoms with Crippen molar-refractivity contribution in [2.45, 2.75) is 58.7 Å².